The fourth-order valence-electron chi connectivity index (χ4n) is 1.83. The molecule has 0 amide bonds. The van der Waals surface area contributed by atoms with E-state index in [-0.39, 0.29) is 11.1 Å². The molecule has 0 heterocycles. The lowest BCUT2D eigenvalue weighted by Gasteiger charge is -2.16. The SMILES string of the molecule is Cc1cccc(OC(C)CNc2ccc(F)c(Cl)c2)c1. The molecule has 20 heavy (non-hydrogen) atoms. The molecule has 2 aromatic carbocycles. The maximum atomic E-state index is 13.0. The van der Waals surface area contributed by atoms with Crippen LogP contribution in [0.2, 0.25) is 5.02 Å². The molecule has 0 bridgehead atoms. The van der Waals surface area contributed by atoms with Crippen LogP contribution in [0.5, 0.6) is 5.75 Å². The lowest BCUT2D eigenvalue weighted by molar-refractivity contribution is 0.234. The summed E-state index contributed by atoms with van der Waals surface area (Å²) in [5, 5.41) is 3.28. The fourth-order valence-corrected chi connectivity index (χ4v) is 2.01. The van der Waals surface area contributed by atoms with Gasteiger partial charge in [-0.1, -0.05) is 23.7 Å². The smallest absolute Gasteiger partial charge is 0.141 e. The minimum atomic E-state index is -0.415. The molecule has 106 valence electrons. The summed E-state index contributed by atoms with van der Waals surface area (Å²) in [5.74, 6) is 0.428. The van der Waals surface area contributed by atoms with Crippen LogP contribution in [0.3, 0.4) is 0 Å². The summed E-state index contributed by atoms with van der Waals surface area (Å²) < 4.78 is 18.8. The topological polar surface area (TPSA) is 21.3 Å². The van der Waals surface area contributed by atoms with Gasteiger partial charge in [-0.2, -0.15) is 0 Å². The largest absolute Gasteiger partial charge is 0.489 e. The van der Waals surface area contributed by atoms with Crippen LogP contribution in [0, 0.1) is 12.7 Å². The monoisotopic (exact) mass is 293 g/mol. The number of aryl methyl sites for hydroxylation is 1. The fraction of sp³-hybridized carbons (Fsp3) is 0.250. The Morgan fingerprint density at radius 3 is 2.75 bits per heavy atom. The summed E-state index contributed by atoms with van der Waals surface area (Å²) in [6.45, 7) is 4.60. The molecule has 1 unspecified atom stereocenters. The molecule has 0 saturated carbocycles. The molecule has 0 aliphatic rings. The molecule has 2 nitrogen and oxygen atoms in total. The Labute approximate surface area is 123 Å². The predicted octanol–water partition coefficient (Wildman–Crippen LogP) is 4.67. The molecule has 0 aliphatic carbocycles. The lowest BCUT2D eigenvalue weighted by atomic mass is 10.2. The Morgan fingerprint density at radius 1 is 1.25 bits per heavy atom. The second-order valence-corrected chi connectivity index (χ2v) is 5.16. The highest BCUT2D eigenvalue weighted by molar-refractivity contribution is 6.31. The average Bonchev–Trinajstić information content (AvgIpc) is 2.40. The Hall–Kier alpha value is -1.74. The van der Waals surface area contributed by atoms with Crippen molar-refractivity contribution < 1.29 is 9.13 Å². The van der Waals surface area contributed by atoms with Gasteiger partial charge in [0.15, 0.2) is 0 Å². The second-order valence-electron chi connectivity index (χ2n) is 4.75. The van der Waals surface area contributed by atoms with Gasteiger partial charge < -0.3 is 10.1 Å². The molecule has 1 N–H and O–H groups in total. The van der Waals surface area contributed by atoms with Crippen molar-refractivity contribution in [2.24, 2.45) is 0 Å². The zero-order chi connectivity index (χ0) is 14.5. The Morgan fingerprint density at radius 2 is 2.05 bits per heavy atom. The van der Waals surface area contributed by atoms with Gasteiger partial charge in [0, 0.05) is 5.69 Å². The number of benzene rings is 2. The van der Waals surface area contributed by atoms with E-state index in [1.54, 1.807) is 12.1 Å². The molecule has 0 radical (unpaired) electrons. The van der Waals surface area contributed by atoms with Crippen LogP contribution in [0.25, 0.3) is 0 Å². The van der Waals surface area contributed by atoms with Crippen LogP contribution in [-0.2, 0) is 0 Å². The Kier molecular flexibility index (Phi) is 4.85. The zero-order valence-corrected chi connectivity index (χ0v) is 12.2. The van der Waals surface area contributed by atoms with E-state index in [2.05, 4.69) is 5.32 Å². The number of hydrogen-bond acceptors (Lipinski definition) is 2. The number of halogens is 2. The van der Waals surface area contributed by atoms with Gasteiger partial charge in [0.1, 0.15) is 17.7 Å². The number of hydrogen-bond donors (Lipinski definition) is 1. The lowest BCUT2D eigenvalue weighted by Crippen LogP contribution is -2.22. The minimum Gasteiger partial charge on any atom is -0.489 e. The molecule has 4 heteroatoms. The second kappa shape index (κ2) is 6.62. The highest BCUT2D eigenvalue weighted by atomic mass is 35.5. The molecule has 2 aromatic rings. The number of rotatable bonds is 5. The summed E-state index contributed by atoms with van der Waals surface area (Å²) in [6.07, 6.45) is -0.0133. The number of anilines is 1. The summed E-state index contributed by atoms with van der Waals surface area (Å²) in [6, 6.07) is 12.5. The average molecular weight is 294 g/mol. The first-order valence-electron chi connectivity index (χ1n) is 6.47. The molecule has 2 rings (SSSR count). The van der Waals surface area contributed by atoms with Gasteiger partial charge in [-0.25, -0.2) is 4.39 Å². The van der Waals surface area contributed by atoms with E-state index in [0.717, 1.165) is 17.0 Å². The van der Waals surface area contributed by atoms with Crippen molar-refractivity contribution in [2.45, 2.75) is 20.0 Å². The van der Waals surface area contributed by atoms with Crippen molar-refractivity contribution >= 4 is 17.3 Å². The standard InChI is InChI=1S/C16H17ClFNO/c1-11-4-3-5-14(8-11)20-12(2)10-19-13-6-7-16(18)15(17)9-13/h3-9,12,19H,10H2,1-2H3. The van der Waals surface area contributed by atoms with E-state index in [1.165, 1.54) is 6.07 Å². The summed E-state index contributed by atoms with van der Waals surface area (Å²) >= 11 is 5.73. The summed E-state index contributed by atoms with van der Waals surface area (Å²) in [5.41, 5.74) is 1.93. The van der Waals surface area contributed by atoms with Crippen LogP contribution >= 0.6 is 11.6 Å². The van der Waals surface area contributed by atoms with Crippen molar-refractivity contribution in [1.29, 1.82) is 0 Å². The van der Waals surface area contributed by atoms with Crippen LogP contribution in [0.15, 0.2) is 42.5 Å². The predicted molar refractivity (Wildman–Crippen MR) is 81.2 cm³/mol. The first-order chi connectivity index (χ1) is 9.54. The van der Waals surface area contributed by atoms with Gasteiger partial charge in [0.2, 0.25) is 0 Å². The molecule has 0 saturated heterocycles. The summed E-state index contributed by atoms with van der Waals surface area (Å²) in [4.78, 5) is 0. The van der Waals surface area contributed by atoms with Crippen LogP contribution < -0.4 is 10.1 Å². The van der Waals surface area contributed by atoms with Crippen LogP contribution in [0.1, 0.15) is 12.5 Å². The molecule has 0 fully saturated rings. The first kappa shape index (κ1) is 14.7. The third-order valence-corrected chi connectivity index (χ3v) is 3.13. The maximum Gasteiger partial charge on any atom is 0.141 e. The van der Waals surface area contributed by atoms with Gasteiger partial charge in [0.05, 0.1) is 11.6 Å². The molecular weight excluding hydrogens is 277 g/mol. The quantitative estimate of drug-likeness (QED) is 0.865. The third kappa shape index (κ3) is 4.14. The Balaban J connectivity index is 1.88. The summed E-state index contributed by atoms with van der Waals surface area (Å²) in [7, 11) is 0. The Bertz CT molecular complexity index is 588. The third-order valence-electron chi connectivity index (χ3n) is 2.84. The molecular formula is C16H17ClFNO. The van der Waals surface area contributed by atoms with Crippen molar-refractivity contribution in [3.8, 4) is 5.75 Å². The van der Waals surface area contributed by atoms with E-state index in [4.69, 9.17) is 16.3 Å². The van der Waals surface area contributed by atoms with Gasteiger partial charge >= 0.3 is 0 Å². The molecule has 1 atom stereocenters. The minimum absolute atomic E-state index is 0.0133. The molecule has 0 spiro atoms. The van der Waals surface area contributed by atoms with E-state index >= 15 is 0 Å². The van der Waals surface area contributed by atoms with Crippen molar-refractivity contribution in [3.63, 3.8) is 0 Å². The van der Waals surface area contributed by atoms with E-state index < -0.39 is 5.82 Å². The highest BCUT2D eigenvalue weighted by Crippen LogP contribution is 2.19. The molecule has 0 aromatic heterocycles. The molecule has 0 aliphatic heterocycles. The van der Waals surface area contributed by atoms with Crippen molar-refractivity contribution in [2.75, 3.05) is 11.9 Å². The zero-order valence-electron chi connectivity index (χ0n) is 11.5. The number of nitrogens with one attached hydrogen (secondary N) is 1. The van der Waals surface area contributed by atoms with Gasteiger partial charge in [-0.3, -0.25) is 0 Å². The van der Waals surface area contributed by atoms with Gasteiger partial charge in [0.25, 0.3) is 0 Å². The van der Waals surface area contributed by atoms with E-state index in [1.807, 2.05) is 38.1 Å². The van der Waals surface area contributed by atoms with E-state index in [9.17, 15) is 4.39 Å². The van der Waals surface area contributed by atoms with Crippen molar-refractivity contribution in [1.82, 2.24) is 0 Å². The highest BCUT2D eigenvalue weighted by Gasteiger charge is 2.05. The normalized spacial score (nSPS) is 12.0. The van der Waals surface area contributed by atoms with Crippen molar-refractivity contribution in [3.05, 3.63) is 58.9 Å². The van der Waals surface area contributed by atoms with Gasteiger partial charge in [-0.15, -0.1) is 0 Å². The maximum absolute atomic E-state index is 13.0. The van der Waals surface area contributed by atoms with E-state index in [0.29, 0.717) is 6.54 Å². The van der Waals surface area contributed by atoms with Crippen LogP contribution in [0.4, 0.5) is 10.1 Å². The number of ether oxygens (including phenoxy) is 1. The van der Waals surface area contributed by atoms with Crippen LogP contribution in [-0.4, -0.2) is 12.6 Å². The first-order valence-corrected chi connectivity index (χ1v) is 6.84. The van der Waals surface area contributed by atoms with Gasteiger partial charge in [-0.05, 0) is 49.7 Å².